The van der Waals surface area contributed by atoms with Gasteiger partial charge in [0.15, 0.2) is 11.1 Å². The fourth-order valence-corrected chi connectivity index (χ4v) is 3.37. The highest BCUT2D eigenvalue weighted by atomic mass is 32.2. The molecular weight excluding hydrogens is 348 g/mol. The van der Waals surface area contributed by atoms with Crippen molar-refractivity contribution in [2.75, 3.05) is 24.7 Å². The summed E-state index contributed by atoms with van der Waals surface area (Å²) in [5.41, 5.74) is 11.6. The van der Waals surface area contributed by atoms with Gasteiger partial charge < -0.3 is 21.7 Å². The van der Waals surface area contributed by atoms with E-state index in [9.17, 15) is 8.42 Å². The highest BCUT2D eigenvalue weighted by Crippen LogP contribution is 2.19. The van der Waals surface area contributed by atoms with Crippen LogP contribution in [0.4, 0.5) is 5.13 Å². The number of hydrogen-bond donors (Lipinski definition) is 5. The van der Waals surface area contributed by atoms with Crippen LogP contribution in [0.2, 0.25) is 0 Å². The maximum absolute atomic E-state index is 10.8. The molecule has 8 N–H and O–H groups in total. The standard InChI is InChI=1S/C9H18N8O2S3/c1-17(8(12)16-22(13,18)19)2-3-20-4-6-5-21-9(14-6)15-7(10)11/h5H,2-4H2,1H3,(H2,12,16)(H2,13,18,19)(H4,10,11,14,15). The topological polar surface area (TPSA) is 177 Å². The van der Waals surface area contributed by atoms with Gasteiger partial charge in [0.2, 0.25) is 5.96 Å². The highest BCUT2D eigenvalue weighted by Gasteiger charge is 2.07. The molecule has 0 amide bonds. The molecule has 10 nitrogen and oxygen atoms in total. The van der Waals surface area contributed by atoms with E-state index in [1.165, 1.54) is 16.2 Å². The number of rotatable bonds is 7. The van der Waals surface area contributed by atoms with Gasteiger partial charge in [0.05, 0.1) is 5.69 Å². The summed E-state index contributed by atoms with van der Waals surface area (Å²) in [4.78, 5) is 5.76. The lowest BCUT2D eigenvalue weighted by atomic mass is 10.6. The molecular formula is C9H18N8O2S3. The summed E-state index contributed by atoms with van der Waals surface area (Å²) < 4.78 is 24.7. The summed E-state index contributed by atoms with van der Waals surface area (Å²) in [5.74, 6) is 1.07. The van der Waals surface area contributed by atoms with Gasteiger partial charge in [-0.1, -0.05) is 0 Å². The molecule has 0 saturated heterocycles. The zero-order valence-electron chi connectivity index (χ0n) is 11.8. The predicted molar refractivity (Wildman–Crippen MR) is 91.2 cm³/mol. The van der Waals surface area contributed by atoms with Crippen molar-refractivity contribution in [1.29, 1.82) is 5.41 Å². The van der Waals surface area contributed by atoms with Crippen molar-refractivity contribution in [3.63, 3.8) is 0 Å². The zero-order chi connectivity index (χ0) is 16.8. The van der Waals surface area contributed by atoms with E-state index in [0.29, 0.717) is 23.2 Å². The Kier molecular flexibility index (Phi) is 6.86. The molecule has 0 spiro atoms. The molecule has 13 heteroatoms. The second-order valence-corrected chi connectivity index (χ2v) is 7.30. The molecule has 0 aliphatic heterocycles. The summed E-state index contributed by atoms with van der Waals surface area (Å²) in [7, 11) is -2.35. The van der Waals surface area contributed by atoms with Crippen LogP contribution in [0.25, 0.3) is 0 Å². The van der Waals surface area contributed by atoms with Crippen LogP contribution in [-0.4, -0.2) is 49.6 Å². The first-order valence-electron chi connectivity index (χ1n) is 5.90. The third-order valence-corrected chi connectivity index (χ3v) is 4.45. The number of thioether (sulfide) groups is 1. The number of aromatic nitrogens is 1. The third kappa shape index (κ3) is 7.44. The van der Waals surface area contributed by atoms with Crippen LogP contribution in [0.5, 0.6) is 0 Å². The Morgan fingerprint density at radius 3 is 2.86 bits per heavy atom. The average Bonchev–Trinajstić information content (AvgIpc) is 2.79. The van der Waals surface area contributed by atoms with Gasteiger partial charge in [0.25, 0.3) is 0 Å². The number of nitrogens with one attached hydrogen (secondary N) is 2. The van der Waals surface area contributed by atoms with Crippen LogP contribution in [0.1, 0.15) is 5.69 Å². The van der Waals surface area contributed by atoms with Crippen LogP contribution in [0.15, 0.2) is 9.78 Å². The van der Waals surface area contributed by atoms with E-state index in [4.69, 9.17) is 22.0 Å². The monoisotopic (exact) mass is 366 g/mol. The Bertz CT molecular complexity index is 641. The average molecular weight is 366 g/mol. The van der Waals surface area contributed by atoms with E-state index >= 15 is 0 Å². The molecule has 0 aromatic carbocycles. The molecule has 0 unspecified atom stereocenters. The second kappa shape index (κ2) is 8.17. The minimum atomic E-state index is -3.98. The zero-order valence-corrected chi connectivity index (χ0v) is 14.3. The lowest BCUT2D eigenvalue weighted by Crippen LogP contribution is -2.36. The first-order valence-corrected chi connectivity index (χ1v) is 9.43. The van der Waals surface area contributed by atoms with E-state index < -0.39 is 10.2 Å². The Morgan fingerprint density at radius 1 is 1.59 bits per heavy atom. The van der Waals surface area contributed by atoms with Crippen molar-refractivity contribution in [1.82, 2.24) is 9.88 Å². The Labute approximate surface area is 136 Å². The van der Waals surface area contributed by atoms with E-state index in [1.54, 1.807) is 18.8 Å². The quantitative estimate of drug-likeness (QED) is 0.235. The Morgan fingerprint density at radius 2 is 2.27 bits per heavy atom. The molecule has 1 heterocycles. The van der Waals surface area contributed by atoms with E-state index in [-0.39, 0.29) is 11.9 Å². The fourth-order valence-electron chi connectivity index (χ4n) is 1.24. The van der Waals surface area contributed by atoms with Crippen molar-refractivity contribution in [3.05, 3.63) is 11.1 Å². The van der Waals surface area contributed by atoms with Gasteiger partial charge in [0.1, 0.15) is 0 Å². The summed E-state index contributed by atoms with van der Waals surface area (Å²) in [6.45, 7) is 0.512. The minimum absolute atomic E-state index is 0.148. The van der Waals surface area contributed by atoms with Gasteiger partial charge in [-0.25, -0.2) is 10.1 Å². The van der Waals surface area contributed by atoms with Crippen molar-refractivity contribution >= 4 is 50.4 Å². The van der Waals surface area contributed by atoms with Gasteiger partial charge >= 0.3 is 10.2 Å². The first-order chi connectivity index (χ1) is 10.2. The molecule has 0 aliphatic carbocycles. The number of nitrogens with zero attached hydrogens (tertiary/aromatic N) is 3. The lowest BCUT2D eigenvalue weighted by Gasteiger charge is -2.16. The summed E-state index contributed by atoms with van der Waals surface area (Å²) in [6.07, 6.45) is 0. The van der Waals surface area contributed by atoms with Crippen LogP contribution >= 0.6 is 23.1 Å². The number of hydrogen-bond acceptors (Lipinski definition) is 6. The molecule has 0 fully saturated rings. The number of nitrogens with two attached hydrogens (primary N) is 3. The molecule has 0 atom stereocenters. The van der Waals surface area contributed by atoms with E-state index in [0.717, 1.165) is 5.69 Å². The van der Waals surface area contributed by atoms with Crippen LogP contribution < -0.4 is 21.9 Å². The smallest absolute Gasteiger partial charge is 0.320 e. The Hall–Kier alpha value is -1.57. The van der Waals surface area contributed by atoms with Gasteiger partial charge in [-0.05, 0) is 0 Å². The highest BCUT2D eigenvalue weighted by molar-refractivity contribution is 7.98. The lowest BCUT2D eigenvalue weighted by molar-refractivity contribution is 0.533. The SMILES string of the molecule is CN(CCSCc1csc(NC(=N)N)n1)/C(N)=N/S(N)(=O)=O. The molecule has 1 aromatic rings. The maximum atomic E-state index is 10.8. The normalized spacial score (nSPS) is 12.2. The summed E-state index contributed by atoms with van der Waals surface area (Å²) >= 11 is 2.97. The van der Waals surface area contributed by atoms with Gasteiger partial charge in [-0.15, -0.1) is 15.7 Å². The molecule has 0 radical (unpaired) electrons. The molecule has 0 saturated carbocycles. The van der Waals surface area contributed by atoms with Crippen molar-refractivity contribution in [2.24, 2.45) is 21.0 Å². The maximum Gasteiger partial charge on any atom is 0.320 e. The Balaban J connectivity index is 2.34. The number of anilines is 1. The van der Waals surface area contributed by atoms with E-state index in [2.05, 4.69) is 14.7 Å². The van der Waals surface area contributed by atoms with Crippen LogP contribution in [0.3, 0.4) is 0 Å². The molecule has 22 heavy (non-hydrogen) atoms. The van der Waals surface area contributed by atoms with Crippen LogP contribution in [0, 0.1) is 5.41 Å². The molecule has 124 valence electrons. The number of thiazole rings is 1. The fraction of sp³-hybridized carbons (Fsp3) is 0.444. The first kappa shape index (κ1) is 18.5. The van der Waals surface area contributed by atoms with Gasteiger partial charge in [0, 0.05) is 30.5 Å². The second-order valence-electron chi connectivity index (χ2n) is 4.12. The molecule has 1 aromatic heterocycles. The number of guanidine groups is 2. The molecule has 0 aliphatic rings. The molecule has 1 rings (SSSR count). The minimum Gasteiger partial charge on any atom is -0.370 e. The van der Waals surface area contributed by atoms with Crippen molar-refractivity contribution in [2.45, 2.75) is 5.75 Å². The summed E-state index contributed by atoms with van der Waals surface area (Å²) in [6, 6.07) is 0. The van der Waals surface area contributed by atoms with Gasteiger partial charge in [-0.2, -0.15) is 20.2 Å². The molecule has 0 bridgehead atoms. The van der Waals surface area contributed by atoms with Gasteiger partial charge in [-0.3, -0.25) is 5.41 Å². The van der Waals surface area contributed by atoms with Crippen molar-refractivity contribution < 1.29 is 8.42 Å². The summed E-state index contributed by atoms with van der Waals surface area (Å²) in [5, 5.41) is 17.0. The largest absolute Gasteiger partial charge is 0.370 e. The predicted octanol–water partition coefficient (Wildman–Crippen LogP) is -0.868. The van der Waals surface area contributed by atoms with Crippen LogP contribution in [-0.2, 0) is 16.0 Å². The van der Waals surface area contributed by atoms with Crippen molar-refractivity contribution in [3.8, 4) is 0 Å². The van der Waals surface area contributed by atoms with E-state index in [1.807, 2.05) is 5.38 Å². The third-order valence-electron chi connectivity index (χ3n) is 2.23.